The molecule has 0 aliphatic heterocycles. The van der Waals surface area contributed by atoms with Gasteiger partial charge in [-0.25, -0.2) is 4.79 Å². The summed E-state index contributed by atoms with van der Waals surface area (Å²) in [5.74, 6) is -1.54. The lowest BCUT2D eigenvalue weighted by atomic mass is 10.1. The number of para-hydroxylation sites is 1. The molecule has 0 aliphatic rings. The fourth-order valence-corrected chi connectivity index (χ4v) is 4.36. The minimum atomic E-state index is -0.646. The number of nitrogens with zero attached hydrogens (tertiary/aromatic N) is 2. The molecule has 3 rings (SSSR count). The molecular formula is C24H24N4O4S. The first-order valence-corrected chi connectivity index (χ1v) is 11.2. The molecule has 1 aromatic carbocycles. The largest absolute Gasteiger partial charge is 0.462 e. The lowest BCUT2D eigenvalue weighted by Crippen LogP contribution is -2.17. The van der Waals surface area contributed by atoms with Gasteiger partial charge in [-0.3, -0.25) is 9.59 Å². The summed E-state index contributed by atoms with van der Waals surface area (Å²) in [5.41, 5.74) is 6.80. The molecule has 2 aromatic heterocycles. The molecule has 8 nitrogen and oxygen atoms in total. The highest BCUT2D eigenvalue weighted by Gasteiger charge is 2.22. The zero-order valence-corrected chi connectivity index (χ0v) is 19.4. The Labute approximate surface area is 195 Å². The summed E-state index contributed by atoms with van der Waals surface area (Å²) in [6.45, 7) is 5.84. The molecule has 2 amide bonds. The quantitative estimate of drug-likeness (QED) is 0.295. The number of amides is 2. The summed E-state index contributed by atoms with van der Waals surface area (Å²) < 4.78 is 6.77. The molecule has 3 aromatic rings. The Bertz CT molecular complexity index is 1290. The number of benzene rings is 1. The fourth-order valence-electron chi connectivity index (χ4n) is 3.31. The number of hydrogen-bond donors (Lipinski definition) is 2. The predicted molar refractivity (Wildman–Crippen MR) is 128 cm³/mol. The van der Waals surface area contributed by atoms with E-state index in [1.165, 1.54) is 17.4 Å². The summed E-state index contributed by atoms with van der Waals surface area (Å²) >= 11 is 1.27. The van der Waals surface area contributed by atoms with Gasteiger partial charge in [0.1, 0.15) is 23.2 Å². The summed E-state index contributed by atoms with van der Waals surface area (Å²) in [4.78, 5) is 37.7. The average molecular weight is 465 g/mol. The Hall–Kier alpha value is -3.90. The van der Waals surface area contributed by atoms with Crippen LogP contribution >= 0.6 is 11.3 Å². The Morgan fingerprint density at radius 2 is 2.03 bits per heavy atom. The molecule has 170 valence electrons. The number of esters is 1. The van der Waals surface area contributed by atoms with E-state index in [1.807, 2.05) is 44.2 Å². The van der Waals surface area contributed by atoms with Crippen molar-refractivity contribution in [2.75, 3.05) is 11.9 Å². The number of carbonyl (C=O) groups is 3. The van der Waals surface area contributed by atoms with E-state index in [0.29, 0.717) is 10.6 Å². The predicted octanol–water partition coefficient (Wildman–Crippen LogP) is 4.03. The maximum atomic E-state index is 13.0. The highest BCUT2D eigenvalue weighted by Crippen LogP contribution is 2.34. The summed E-state index contributed by atoms with van der Waals surface area (Å²) in [5, 5.41) is 13.5. The van der Waals surface area contributed by atoms with Crippen LogP contribution in [0.4, 0.5) is 5.00 Å². The highest BCUT2D eigenvalue weighted by atomic mass is 32.1. The van der Waals surface area contributed by atoms with Crippen molar-refractivity contribution in [2.45, 2.75) is 33.2 Å². The zero-order valence-electron chi connectivity index (χ0n) is 18.5. The number of carbonyl (C=O) groups excluding carboxylic acids is 3. The van der Waals surface area contributed by atoms with Crippen molar-refractivity contribution in [3.63, 3.8) is 0 Å². The van der Waals surface area contributed by atoms with Crippen LogP contribution in [0.15, 0.2) is 42.1 Å². The van der Waals surface area contributed by atoms with Crippen LogP contribution in [0.1, 0.15) is 47.5 Å². The van der Waals surface area contributed by atoms with Gasteiger partial charge in [0.2, 0.25) is 5.91 Å². The standard InChI is InChI=1S/C24H24N4O4S/c1-4-32-24(31)18-10-20(14(2)3)33-23(18)27-22(30)15(11-25)9-16-12-28(13-21(26)29)19-8-6-5-7-17(16)19/h5-10,12,14H,4,13H2,1-3H3,(H2,26,29)(H,27,30)/b15-9+. The summed E-state index contributed by atoms with van der Waals surface area (Å²) in [7, 11) is 0. The lowest BCUT2D eigenvalue weighted by molar-refractivity contribution is -0.118. The molecule has 33 heavy (non-hydrogen) atoms. The normalized spacial score (nSPS) is 11.4. The third-order valence-corrected chi connectivity index (χ3v) is 6.20. The number of primary amides is 1. The molecule has 2 heterocycles. The second-order valence-electron chi connectivity index (χ2n) is 7.59. The minimum absolute atomic E-state index is 0.0293. The van der Waals surface area contributed by atoms with E-state index in [1.54, 1.807) is 23.8 Å². The van der Waals surface area contributed by atoms with Crippen molar-refractivity contribution in [3.05, 3.63) is 58.1 Å². The van der Waals surface area contributed by atoms with E-state index in [2.05, 4.69) is 5.32 Å². The molecule has 0 fully saturated rings. The topological polar surface area (TPSA) is 127 Å². The summed E-state index contributed by atoms with van der Waals surface area (Å²) in [6, 6.07) is 10.9. The Balaban J connectivity index is 1.97. The van der Waals surface area contributed by atoms with Crippen molar-refractivity contribution in [3.8, 4) is 6.07 Å². The number of fused-ring (bicyclic) bond motifs is 1. The molecule has 0 atom stereocenters. The number of anilines is 1. The van der Waals surface area contributed by atoms with Gasteiger partial charge in [0, 0.05) is 27.5 Å². The lowest BCUT2D eigenvalue weighted by Gasteiger charge is -2.05. The van der Waals surface area contributed by atoms with E-state index in [-0.39, 0.29) is 30.2 Å². The van der Waals surface area contributed by atoms with Crippen LogP contribution in [-0.2, 0) is 20.9 Å². The maximum absolute atomic E-state index is 13.0. The van der Waals surface area contributed by atoms with E-state index >= 15 is 0 Å². The van der Waals surface area contributed by atoms with E-state index in [0.717, 1.165) is 15.8 Å². The van der Waals surface area contributed by atoms with Crippen LogP contribution in [0, 0.1) is 11.3 Å². The van der Waals surface area contributed by atoms with Crippen molar-refractivity contribution < 1.29 is 19.1 Å². The number of ether oxygens (including phenoxy) is 1. The van der Waals surface area contributed by atoms with Gasteiger partial charge in [0.15, 0.2) is 0 Å². The van der Waals surface area contributed by atoms with Crippen molar-refractivity contribution in [1.82, 2.24) is 4.57 Å². The Morgan fingerprint density at radius 3 is 2.67 bits per heavy atom. The van der Waals surface area contributed by atoms with Gasteiger partial charge < -0.3 is 20.4 Å². The number of nitrogens with one attached hydrogen (secondary N) is 1. The number of nitriles is 1. The number of nitrogens with two attached hydrogens (primary N) is 1. The second kappa shape index (κ2) is 10.1. The smallest absolute Gasteiger partial charge is 0.341 e. The van der Waals surface area contributed by atoms with Gasteiger partial charge in [0.05, 0.1) is 12.2 Å². The van der Waals surface area contributed by atoms with Crippen LogP contribution in [0.3, 0.4) is 0 Å². The van der Waals surface area contributed by atoms with E-state index < -0.39 is 17.8 Å². The molecule has 0 radical (unpaired) electrons. The van der Waals surface area contributed by atoms with Crippen LogP contribution < -0.4 is 11.1 Å². The highest BCUT2D eigenvalue weighted by molar-refractivity contribution is 7.16. The molecule has 0 spiro atoms. The van der Waals surface area contributed by atoms with E-state index in [9.17, 15) is 19.6 Å². The first-order valence-electron chi connectivity index (χ1n) is 10.3. The summed E-state index contributed by atoms with van der Waals surface area (Å²) in [6.07, 6.45) is 3.13. The second-order valence-corrected chi connectivity index (χ2v) is 8.67. The number of hydrogen-bond acceptors (Lipinski definition) is 6. The SMILES string of the molecule is CCOC(=O)c1cc(C(C)C)sc1NC(=O)/C(C#N)=C/c1cn(CC(N)=O)c2ccccc12. The molecule has 0 saturated carbocycles. The van der Waals surface area contributed by atoms with Crippen LogP contribution in [-0.4, -0.2) is 29.0 Å². The van der Waals surface area contributed by atoms with Crippen LogP contribution in [0.25, 0.3) is 17.0 Å². The Kier molecular flexibility index (Phi) is 7.30. The third kappa shape index (κ3) is 5.30. The maximum Gasteiger partial charge on any atom is 0.341 e. The molecule has 0 unspecified atom stereocenters. The van der Waals surface area contributed by atoms with Crippen molar-refractivity contribution >= 4 is 51.1 Å². The van der Waals surface area contributed by atoms with Gasteiger partial charge >= 0.3 is 5.97 Å². The molecular weight excluding hydrogens is 440 g/mol. The first-order chi connectivity index (χ1) is 15.7. The van der Waals surface area contributed by atoms with Gasteiger partial charge in [-0.15, -0.1) is 11.3 Å². The number of rotatable bonds is 8. The zero-order chi connectivity index (χ0) is 24.1. The molecule has 0 aliphatic carbocycles. The van der Waals surface area contributed by atoms with Crippen LogP contribution in [0.2, 0.25) is 0 Å². The van der Waals surface area contributed by atoms with Crippen LogP contribution in [0.5, 0.6) is 0 Å². The minimum Gasteiger partial charge on any atom is -0.462 e. The fraction of sp³-hybridized carbons (Fsp3) is 0.250. The molecule has 9 heteroatoms. The molecule has 0 saturated heterocycles. The van der Waals surface area contributed by atoms with E-state index in [4.69, 9.17) is 10.5 Å². The molecule has 3 N–H and O–H groups in total. The van der Waals surface area contributed by atoms with Gasteiger partial charge in [-0.1, -0.05) is 32.0 Å². The Morgan fingerprint density at radius 1 is 1.30 bits per heavy atom. The monoisotopic (exact) mass is 464 g/mol. The number of aromatic nitrogens is 1. The van der Waals surface area contributed by atoms with Crippen molar-refractivity contribution in [2.24, 2.45) is 5.73 Å². The first kappa shape index (κ1) is 23.8. The third-order valence-electron chi connectivity index (χ3n) is 4.85. The van der Waals surface area contributed by atoms with Gasteiger partial charge in [0.25, 0.3) is 5.91 Å². The van der Waals surface area contributed by atoms with Crippen molar-refractivity contribution in [1.29, 1.82) is 5.26 Å². The molecule has 0 bridgehead atoms. The number of thiophene rings is 1. The van der Waals surface area contributed by atoms with Gasteiger partial charge in [-0.2, -0.15) is 5.26 Å². The van der Waals surface area contributed by atoms with Gasteiger partial charge in [-0.05, 0) is 31.1 Å². The average Bonchev–Trinajstić information content (AvgIpc) is 3.34.